The van der Waals surface area contributed by atoms with Gasteiger partial charge in [-0.25, -0.2) is 0 Å². The van der Waals surface area contributed by atoms with E-state index >= 15 is 0 Å². The van der Waals surface area contributed by atoms with Crippen LogP contribution in [0.5, 0.6) is 5.75 Å². The predicted molar refractivity (Wildman–Crippen MR) is 96.3 cm³/mol. The van der Waals surface area contributed by atoms with Gasteiger partial charge in [-0.2, -0.15) is 8.78 Å². The Kier molecular flexibility index (Phi) is 9.14. The number of carbonyl (C=O) groups excluding carboxylic acids is 1. The van der Waals surface area contributed by atoms with Gasteiger partial charge in [0.1, 0.15) is 5.75 Å². The summed E-state index contributed by atoms with van der Waals surface area (Å²) in [6.45, 7) is 3.23. The summed E-state index contributed by atoms with van der Waals surface area (Å²) in [5, 5.41) is 6.36. The van der Waals surface area contributed by atoms with Gasteiger partial charge in [0.2, 0.25) is 5.91 Å². The van der Waals surface area contributed by atoms with Crippen LogP contribution in [0.2, 0.25) is 0 Å². The molecule has 0 aliphatic carbocycles. The molecule has 4 nitrogen and oxygen atoms in total. The fourth-order valence-electron chi connectivity index (χ4n) is 3.15. The van der Waals surface area contributed by atoms with Crippen LogP contribution in [-0.2, 0) is 4.79 Å². The van der Waals surface area contributed by atoms with Crippen molar-refractivity contribution in [2.45, 2.75) is 45.8 Å². The Morgan fingerprint density at radius 2 is 2.00 bits per heavy atom. The molecule has 1 saturated heterocycles. The summed E-state index contributed by atoms with van der Waals surface area (Å²) < 4.78 is 28.6. The van der Waals surface area contributed by atoms with Gasteiger partial charge in [0, 0.05) is 6.42 Å². The average Bonchev–Trinajstić information content (AvgIpc) is 2.55. The minimum absolute atomic E-state index is 0. The quantitative estimate of drug-likeness (QED) is 0.758. The molecule has 3 atom stereocenters. The molecule has 0 aromatic heterocycles. The number of piperidine rings is 1. The van der Waals surface area contributed by atoms with Crippen LogP contribution in [0.4, 0.5) is 8.78 Å². The number of hydrogen-bond acceptors (Lipinski definition) is 3. The monoisotopic (exact) mass is 376 g/mol. The van der Waals surface area contributed by atoms with Crippen LogP contribution in [0, 0.1) is 11.8 Å². The van der Waals surface area contributed by atoms with E-state index in [-0.39, 0.29) is 30.1 Å². The molecule has 1 aromatic carbocycles. The van der Waals surface area contributed by atoms with E-state index in [0.29, 0.717) is 18.3 Å². The van der Waals surface area contributed by atoms with Gasteiger partial charge in [-0.3, -0.25) is 4.79 Å². The molecule has 0 bridgehead atoms. The fourth-order valence-corrected chi connectivity index (χ4v) is 3.15. The summed E-state index contributed by atoms with van der Waals surface area (Å²) in [5.41, 5.74) is 0.858. The van der Waals surface area contributed by atoms with Crippen molar-refractivity contribution in [3.05, 3.63) is 29.8 Å². The summed E-state index contributed by atoms with van der Waals surface area (Å²) in [7, 11) is 0. The van der Waals surface area contributed by atoms with Gasteiger partial charge in [-0.15, -0.1) is 12.4 Å². The second-order valence-electron chi connectivity index (χ2n) is 6.52. The molecule has 0 radical (unpaired) electrons. The van der Waals surface area contributed by atoms with Gasteiger partial charge >= 0.3 is 6.61 Å². The van der Waals surface area contributed by atoms with Gasteiger partial charge < -0.3 is 15.4 Å². The van der Waals surface area contributed by atoms with E-state index in [4.69, 9.17) is 0 Å². The molecule has 3 unspecified atom stereocenters. The molecule has 1 heterocycles. The maximum Gasteiger partial charge on any atom is 0.387 e. The molecule has 7 heteroatoms. The van der Waals surface area contributed by atoms with Crippen LogP contribution in [0.25, 0.3) is 0 Å². The maximum atomic E-state index is 12.2. The molecular formula is C18H27ClF2N2O2. The van der Waals surface area contributed by atoms with Crippen molar-refractivity contribution in [2.75, 3.05) is 13.1 Å². The van der Waals surface area contributed by atoms with Crippen LogP contribution in [0.3, 0.4) is 0 Å². The van der Waals surface area contributed by atoms with Crippen molar-refractivity contribution in [1.29, 1.82) is 0 Å². The molecule has 1 aromatic rings. The Morgan fingerprint density at radius 1 is 1.32 bits per heavy atom. The summed E-state index contributed by atoms with van der Waals surface area (Å²) in [5.74, 6) is 1.02. The van der Waals surface area contributed by atoms with E-state index in [1.54, 1.807) is 12.1 Å². The van der Waals surface area contributed by atoms with Gasteiger partial charge in [-0.05, 0) is 62.4 Å². The number of hydrogen-bond donors (Lipinski definition) is 2. The van der Waals surface area contributed by atoms with E-state index in [1.165, 1.54) is 25.0 Å². The zero-order valence-corrected chi connectivity index (χ0v) is 15.5. The molecular weight excluding hydrogens is 350 g/mol. The molecule has 0 spiro atoms. The van der Waals surface area contributed by atoms with E-state index in [2.05, 4.69) is 22.3 Å². The Bertz CT molecular complexity index is 522. The second kappa shape index (κ2) is 10.6. The number of alkyl halides is 2. The van der Waals surface area contributed by atoms with Crippen LogP contribution in [0.1, 0.15) is 44.7 Å². The topological polar surface area (TPSA) is 50.4 Å². The largest absolute Gasteiger partial charge is 0.435 e. The first-order chi connectivity index (χ1) is 11.5. The van der Waals surface area contributed by atoms with Crippen molar-refractivity contribution in [1.82, 2.24) is 10.6 Å². The number of rotatable bonds is 7. The molecule has 2 N–H and O–H groups in total. The zero-order chi connectivity index (χ0) is 17.5. The van der Waals surface area contributed by atoms with Crippen molar-refractivity contribution in [2.24, 2.45) is 11.8 Å². The normalized spacial score (nSPS) is 19.6. The number of amides is 1. The smallest absolute Gasteiger partial charge is 0.387 e. The molecule has 25 heavy (non-hydrogen) atoms. The highest BCUT2D eigenvalue weighted by Crippen LogP contribution is 2.23. The average molecular weight is 377 g/mol. The summed E-state index contributed by atoms with van der Waals surface area (Å²) >= 11 is 0. The molecule has 1 fully saturated rings. The first kappa shape index (κ1) is 21.6. The molecule has 142 valence electrons. The summed E-state index contributed by atoms with van der Waals surface area (Å²) in [6.07, 6.45) is 2.84. The lowest BCUT2D eigenvalue weighted by Gasteiger charge is -2.28. The van der Waals surface area contributed by atoms with Crippen LogP contribution < -0.4 is 15.4 Å². The Morgan fingerprint density at radius 3 is 2.56 bits per heavy atom. The molecule has 1 aliphatic rings. The number of benzene rings is 1. The van der Waals surface area contributed by atoms with Crippen LogP contribution in [0.15, 0.2) is 24.3 Å². The Balaban J connectivity index is 0.00000312. The van der Waals surface area contributed by atoms with Crippen molar-refractivity contribution >= 4 is 18.3 Å². The van der Waals surface area contributed by atoms with E-state index in [1.807, 2.05) is 6.92 Å². The maximum absolute atomic E-state index is 12.2. The van der Waals surface area contributed by atoms with Crippen molar-refractivity contribution < 1.29 is 18.3 Å². The van der Waals surface area contributed by atoms with Crippen molar-refractivity contribution in [3.8, 4) is 5.75 Å². The third kappa shape index (κ3) is 7.16. The third-order valence-electron chi connectivity index (χ3n) is 4.63. The molecule has 2 rings (SSSR count). The van der Waals surface area contributed by atoms with Gasteiger partial charge in [0.15, 0.2) is 0 Å². The highest BCUT2D eigenvalue weighted by molar-refractivity contribution is 5.85. The predicted octanol–water partition coefficient (Wildman–Crippen LogP) is 3.91. The lowest BCUT2D eigenvalue weighted by molar-refractivity contribution is -0.123. The van der Waals surface area contributed by atoms with Gasteiger partial charge in [0.05, 0.1) is 6.04 Å². The SMILES string of the molecule is CC(NC(=O)CC(C)C1CCCNC1)c1ccc(OC(F)F)cc1.Cl. The Hall–Kier alpha value is -1.40. The van der Waals surface area contributed by atoms with E-state index in [0.717, 1.165) is 18.7 Å². The minimum atomic E-state index is -2.83. The standard InChI is InChI=1S/C18H26F2N2O2.ClH/c1-12(15-4-3-9-21-11-15)10-17(23)22-13(2)14-5-7-16(8-6-14)24-18(19)20;/h5-8,12-13,15,18,21H,3-4,9-11H2,1-2H3,(H,22,23);1H. The number of halogens is 3. The summed E-state index contributed by atoms with van der Waals surface area (Å²) in [4.78, 5) is 12.2. The van der Waals surface area contributed by atoms with Gasteiger partial charge in [0.25, 0.3) is 0 Å². The minimum Gasteiger partial charge on any atom is -0.435 e. The Labute approximate surface area is 154 Å². The fraction of sp³-hybridized carbons (Fsp3) is 0.611. The first-order valence-corrected chi connectivity index (χ1v) is 8.50. The first-order valence-electron chi connectivity index (χ1n) is 8.50. The molecule has 0 saturated carbocycles. The zero-order valence-electron chi connectivity index (χ0n) is 14.6. The van der Waals surface area contributed by atoms with E-state index < -0.39 is 6.61 Å². The van der Waals surface area contributed by atoms with Crippen LogP contribution >= 0.6 is 12.4 Å². The van der Waals surface area contributed by atoms with E-state index in [9.17, 15) is 13.6 Å². The summed E-state index contributed by atoms with van der Waals surface area (Å²) in [6, 6.07) is 6.18. The lowest BCUT2D eigenvalue weighted by atomic mass is 9.85. The number of carbonyl (C=O) groups is 1. The molecule has 1 aliphatic heterocycles. The highest BCUT2D eigenvalue weighted by atomic mass is 35.5. The highest BCUT2D eigenvalue weighted by Gasteiger charge is 2.22. The third-order valence-corrected chi connectivity index (χ3v) is 4.63. The number of ether oxygens (including phenoxy) is 1. The second-order valence-corrected chi connectivity index (χ2v) is 6.52. The number of nitrogens with one attached hydrogen (secondary N) is 2. The lowest BCUT2D eigenvalue weighted by Crippen LogP contribution is -2.36. The van der Waals surface area contributed by atoms with Crippen molar-refractivity contribution in [3.63, 3.8) is 0 Å². The molecule has 1 amide bonds. The van der Waals surface area contributed by atoms with Gasteiger partial charge in [-0.1, -0.05) is 19.1 Å². The van der Waals surface area contributed by atoms with Crippen LogP contribution in [-0.4, -0.2) is 25.6 Å².